The van der Waals surface area contributed by atoms with Crippen molar-refractivity contribution in [3.63, 3.8) is 0 Å². The van der Waals surface area contributed by atoms with Gasteiger partial charge in [-0.3, -0.25) is 9.78 Å². The van der Waals surface area contributed by atoms with E-state index in [1.54, 1.807) is 6.07 Å². The average Bonchev–Trinajstić information content (AvgIpc) is 2.96. The zero-order chi connectivity index (χ0) is 11.4. The first-order valence-electron chi connectivity index (χ1n) is 4.91. The second-order valence-corrected chi connectivity index (χ2v) is 6.29. The molecule has 1 aliphatic heterocycles. The molecule has 0 N–H and O–H groups in total. The summed E-state index contributed by atoms with van der Waals surface area (Å²) >= 11 is 0. The van der Waals surface area contributed by atoms with E-state index in [1.165, 1.54) is 18.5 Å². The zero-order valence-corrected chi connectivity index (χ0v) is 9.11. The summed E-state index contributed by atoms with van der Waals surface area (Å²) in [6.45, 7) is 0.221. The molecule has 1 saturated carbocycles. The van der Waals surface area contributed by atoms with Crippen LogP contribution >= 0.6 is 0 Å². The second-order valence-electron chi connectivity index (χ2n) is 4.08. The summed E-state index contributed by atoms with van der Waals surface area (Å²) in [6.07, 6.45) is 3.14. The van der Waals surface area contributed by atoms with Crippen LogP contribution in [-0.4, -0.2) is 30.7 Å². The number of hydrogen-bond acceptors (Lipinski definition) is 5. The van der Waals surface area contributed by atoms with Crippen LogP contribution in [0, 0.1) is 5.92 Å². The Morgan fingerprint density at radius 1 is 1.50 bits per heavy atom. The number of pyridine rings is 1. The summed E-state index contributed by atoms with van der Waals surface area (Å²) in [7, 11) is -3.65. The van der Waals surface area contributed by atoms with E-state index in [0.717, 1.165) is 0 Å². The highest BCUT2D eigenvalue weighted by atomic mass is 32.2. The fourth-order valence-electron chi connectivity index (χ4n) is 2.20. The zero-order valence-electron chi connectivity index (χ0n) is 8.29. The van der Waals surface area contributed by atoms with Crippen LogP contribution in [0.2, 0.25) is 0 Å². The molecule has 2 fully saturated rings. The van der Waals surface area contributed by atoms with Crippen LogP contribution in [0.1, 0.15) is 6.42 Å². The molecule has 2 aliphatic rings. The van der Waals surface area contributed by atoms with Gasteiger partial charge in [0.05, 0.1) is 11.5 Å². The third kappa shape index (κ3) is 0.974. The summed E-state index contributed by atoms with van der Waals surface area (Å²) in [5.74, 6) is -0.786. The molecule has 0 bridgehead atoms. The van der Waals surface area contributed by atoms with E-state index in [-0.39, 0.29) is 17.4 Å². The number of cyclic esters (lactones) is 1. The molecule has 0 amide bonds. The average molecular weight is 239 g/mol. The topological polar surface area (TPSA) is 73.3 Å². The summed E-state index contributed by atoms with van der Waals surface area (Å²) in [4.78, 5) is 15.4. The Balaban J connectivity index is 2.12. The van der Waals surface area contributed by atoms with E-state index < -0.39 is 20.6 Å². The lowest BCUT2D eigenvalue weighted by molar-refractivity contribution is -0.140. The van der Waals surface area contributed by atoms with E-state index >= 15 is 0 Å². The second kappa shape index (κ2) is 2.82. The van der Waals surface area contributed by atoms with E-state index in [4.69, 9.17) is 4.74 Å². The number of carbonyl (C=O) groups is 1. The minimum absolute atomic E-state index is 0.0938. The number of carbonyl (C=O) groups excluding carboxylic acids is 1. The Morgan fingerprint density at radius 2 is 2.31 bits per heavy atom. The van der Waals surface area contributed by atoms with Crippen molar-refractivity contribution >= 4 is 15.8 Å². The molecule has 2 heterocycles. The standard InChI is InChI=1S/C10H9NO4S/c12-9-10(4-7(10)6-15-9)16(13,14)8-2-1-3-11-5-8/h1-3,5,7H,4,6H2/t7-,10+/m0/s1. The van der Waals surface area contributed by atoms with Crippen LogP contribution in [0.15, 0.2) is 29.4 Å². The van der Waals surface area contributed by atoms with Crippen molar-refractivity contribution in [2.24, 2.45) is 5.92 Å². The molecular formula is C10H9NO4S. The van der Waals surface area contributed by atoms with Crippen LogP contribution in [0.3, 0.4) is 0 Å². The van der Waals surface area contributed by atoms with Gasteiger partial charge in [-0.15, -0.1) is 0 Å². The van der Waals surface area contributed by atoms with Crippen molar-refractivity contribution < 1.29 is 17.9 Å². The third-order valence-corrected chi connectivity index (χ3v) is 5.72. The number of fused-ring (bicyclic) bond motifs is 1. The lowest BCUT2D eigenvalue weighted by Crippen LogP contribution is -2.31. The number of nitrogens with zero attached hydrogens (tertiary/aromatic N) is 1. The van der Waals surface area contributed by atoms with Gasteiger partial charge in [-0.1, -0.05) is 0 Å². The van der Waals surface area contributed by atoms with Crippen LogP contribution in [0.4, 0.5) is 0 Å². The Morgan fingerprint density at radius 3 is 2.81 bits per heavy atom. The molecular weight excluding hydrogens is 230 g/mol. The van der Waals surface area contributed by atoms with Gasteiger partial charge in [0.2, 0.25) is 0 Å². The van der Waals surface area contributed by atoms with Gasteiger partial charge >= 0.3 is 5.97 Å². The summed E-state index contributed by atoms with van der Waals surface area (Å²) in [6, 6.07) is 3.00. The van der Waals surface area contributed by atoms with Gasteiger partial charge in [-0.05, 0) is 18.6 Å². The highest BCUT2D eigenvalue weighted by Crippen LogP contribution is 2.57. The van der Waals surface area contributed by atoms with Gasteiger partial charge in [-0.2, -0.15) is 0 Å². The Hall–Kier alpha value is -1.43. The maximum absolute atomic E-state index is 12.3. The number of hydrogen-bond donors (Lipinski definition) is 0. The quantitative estimate of drug-likeness (QED) is 0.688. The number of esters is 1. The van der Waals surface area contributed by atoms with Gasteiger partial charge in [0.1, 0.15) is 0 Å². The maximum Gasteiger partial charge on any atom is 0.328 e. The van der Waals surface area contributed by atoms with Crippen LogP contribution in [0.25, 0.3) is 0 Å². The predicted molar refractivity (Wildman–Crippen MR) is 53.2 cm³/mol. The Bertz CT molecular complexity index is 553. The highest BCUT2D eigenvalue weighted by molar-refractivity contribution is 7.94. The van der Waals surface area contributed by atoms with Gasteiger partial charge < -0.3 is 4.74 Å². The monoisotopic (exact) mass is 239 g/mol. The maximum atomic E-state index is 12.3. The van der Waals surface area contributed by atoms with Crippen molar-refractivity contribution in [3.8, 4) is 0 Å². The number of sulfone groups is 1. The molecule has 0 spiro atoms. The van der Waals surface area contributed by atoms with E-state index in [2.05, 4.69) is 4.98 Å². The minimum atomic E-state index is -3.65. The molecule has 5 nitrogen and oxygen atoms in total. The SMILES string of the molecule is O=C1OC[C@@H]2C[C@]12S(=O)(=O)c1cccnc1. The van der Waals surface area contributed by atoms with Gasteiger partial charge in [-0.25, -0.2) is 8.42 Å². The summed E-state index contributed by atoms with van der Waals surface area (Å²) < 4.78 is 28.0. The first-order chi connectivity index (χ1) is 7.59. The molecule has 2 atom stereocenters. The third-order valence-electron chi connectivity index (χ3n) is 3.23. The molecule has 6 heteroatoms. The van der Waals surface area contributed by atoms with Crippen LogP contribution in [-0.2, 0) is 19.4 Å². The lowest BCUT2D eigenvalue weighted by Gasteiger charge is -2.10. The molecule has 16 heavy (non-hydrogen) atoms. The first kappa shape index (κ1) is 9.77. The molecule has 1 aliphatic carbocycles. The molecule has 1 aromatic heterocycles. The van der Waals surface area contributed by atoms with E-state index in [9.17, 15) is 13.2 Å². The van der Waals surface area contributed by atoms with Crippen molar-refractivity contribution in [2.45, 2.75) is 16.1 Å². The molecule has 0 radical (unpaired) electrons. The highest BCUT2D eigenvalue weighted by Gasteiger charge is 2.74. The Kier molecular flexibility index (Phi) is 1.72. The van der Waals surface area contributed by atoms with E-state index in [0.29, 0.717) is 6.42 Å². The fourth-order valence-corrected chi connectivity index (χ4v) is 4.29. The van der Waals surface area contributed by atoms with E-state index in [1.807, 2.05) is 0 Å². The number of aromatic nitrogens is 1. The normalized spacial score (nSPS) is 32.0. The van der Waals surface area contributed by atoms with Crippen LogP contribution in [0.5, 0.6) is 0 Å². The van der Waals surface area contributed by atoms with Gasteiger partial charge in [0.25, 0.3) is 0 Å². The summed E-state index contributed by atoms with van der Waals surface area (Å²) in [5.41, 5.74) is 0. The Labute approximate surface area is 92.4 Å². The van der Waals surface area contributed by atoms with Gasteiger partial charge in [0.15, 0.2) is 14.6 Å². The summed E-state index contributed by atoms with van der Waals surface area (Å²) in [5, 5.41) is 0. The van der Waals surface area contributed by atoms with Crippen molar-refractivity contribution in [2.75, 3.05) is 6.61 Å². The molecule has 0 unspecified atom stereocenters. The molecule has 1 aromatic rings. The predicted octanol–water partition coefficient (Wildman–Crippen LogP) is 0.171. The molecule has 84 valence electrons. The van der Waals surface area contributed by atoms with Crippen molar-refractivity contribution in [1.82, 2.24) is 4.98 Å². The number of ether oxygens (including phenoxy) is 1. The first-order valence-corrected chi connectivity index (χ1v) is 6.39. The smallest absolute Gasteiger partial charge is 0.328 e. The van der Waals surface area contributed by atoms with Crippen LogP contribution < -0.4 is 0 Å². The fraction of sp³-hybridized carbons (Fsp3) is 0.400. The van der Waals surface area contributed by atoms with Crippen molar-refractivity contribution in [3.05, 3.63) is 24.5 Å². The van der Waals surface area contributed by atoms with Gasteiger partial charge in [0, 0.05) is 18.3 Å². The minimum Gasteiger partial charge on any atom is -0.464 e. The molecule has 0 aromatic carbocycles. The largest absolute Gasteiger partial charge is 0.464 e. The van der Waals surface area contributed by atoms with Crippen molar-refractivity contribution in [1.29, 1.82) is 0 Å². The lowest BCUT2D eigenvalue weighted by atomic mass is 10.4. The number of rotatable bonds is 2. The molecule has 1 saturated heterocycles. The molecule has 3 rings (SSSR count).